The van der Waals surface area contributed by atoms with Crippen molar-refractivity contribution < 1.29 is 24.2 Å². The van der Waals surface area contributed by atoms with E-state index >= 15 is 0 Å². The quantitative estimate of drug-likeness (QED) is 0.156. The summed E-state index contributed by atoms with van der Waals surface area (Å²) in [5.74, 6) is -0.598. The Labute approximate surface area is 291 Å². The van der Waals surface area contributed by atoms with Gasteiger partial charge in [0.05, 0.1) is 17.8 Å². The highest BCUT2D eigenvalue weighted by atomic mass is 16.5. The Kier molecular flexibility index (Phi) is 10.5. The largest absolute Gasteiger partial charge is 0.506 e. The zero-order valence-corrected chi connectivity index (χ0v) is 30.0. The van der Waals surface area contributed by atoms with Crippen LogP contribution in [-0.2, 0) is 19.1 Å². The molecule has 0 amide bonds. The minimum Gasteiger partial charge on any atom is -0.506 e. The molecule has 0 spiro atoms. The molecule has 1 aliphatic carbocycles. The maximum absolute atomic E-state index is 13.5. The Hall–Kier alpha value is -4.68. The molecule has 3 aliphatic rings. The monoisotopic (exact) mass is 659 g/mol. The summed E-state index contributed by atoms with van der Waals surface area (Å²) in [5.41, 5.74) is 4.69. The van der Waals surface area contributed by atoms with Crippen molar-refractivity contribution in [3.05, 3.63) is 148 Å². The van der Waals surface area contributed by atoms with Crippen LogP contribution in [0, 0.1) is 16.7 Å². The van der Waals surface area contributed by atoms with Crippen LogP contribution in [0.1, 0.15) is 72.1 Å². The van der Waals surface area contributed by atoms with Crippen molar-refractivity contribution in [2.45, 2.75) is 61.0 Å². The van der Waals surface area contributed by atoms with Gasteiger partial charge in [0.1, 0.15) is 17.6 Å². The molecule has 2 aromatic carbocycles. The maximum Gasteiger partial charge on any atom is 0.237 e. The van der Waals surface area contributed by atoms with Gasteiger partial charge in [0.25, 0.3) is 0 Å². The molecule has 0 saturated heterocycles. The average molecular weight is 660 g/mol. The van der Waals surface area contributed by atoms with Gasteiger partial charge in [0.15, 0.2) is 0 Å². The number of rotatable bonds is 10. The summed E-state index contributed by atoms with van der Waals surface area (Å²) in [6.45, 7) is 16.3. The third-order valence-electron chi connectivity index (χ3n) is 9.00. The number of allylic oxidation sites excluding steroid dienone is 10. The number of ether oxygens (including phenoxy) is 2. The molecule has 256 valence electrons. The van der Waals surface area contributed by atoms with Crippen molar-refractivity contribution in [2.24, 2.45) is 16.7 Å². The second-order valence-corrected chi connectivity index (χ2v) is 15.1. The number of carbonyl (C=O) groups excluding carboxylic acids is 2. The smallest absolute Gasteiger partial charge is 0.237 e. The minimum atomic E-state index is -0.737. The van der Waals surface area contributed by atoms with E-state index in [0.29, 0.717) is 30.5 Å². The molecule has 5 rings (SSSR count). The van der Waals surface area contributed by atoms with E-state index in [4.69, 9.17) is 9.47 Å². The van der Waals surface area contributed by atoms with Gasteiger partial charge in [-0.05, 0) is 65.5 Å². The number of Topliss-reactive ketones (excluding diaryl/α,β-unsaturated/α-hetero) is 2. The predicted octanol–water partition coefficient (Wildman–Crippen LogP) is 9.39. The van der Waals surface area contributed by atoms with Gasteiger partial charge >= 0.3 is 0 Å². The molecule has 2 heterocycles. The Morgan fingerprint density at radius 2 is 1.51 bits per heavy atom. The number of aliphatic hydroxyl groups excluding tert-OH is 1. The van der Waals surface area contributed by atoms with Crippen molar-refractivity contribution >= 4 is 17.3 Å². The highest BCUT2D eigenvalue weighted by Crippen LogP contribution is 2.42. The Balaban J connectivity index is 1.55. The van der Waals surface area contributed by atoms with E-state index in [2.05, 4.69) is 60.4 Å². The van der Waals surface area contributed by atoms with Crippen molar-refractivity contribution in [1.29, 1.82) is 0 Å². The Morgan fingerprint density at radius 3 is 2.14 bits per heavy atom. The Bertz CT molecular complexity index is 1810. The number of nitrogens with zero attached hydrogens (tertiary/aromatic N) is 1. The van der Waals surface area contributed by atoms with E-state index in [9.17, 15) is 14.7 Å². The molecular formula is C43H49NO5. The van der Waals surface area contributed by atoms with E-state index in [-0.39, 0.29) is 27.7 Å². The Morgan fingerprint density at radius 1 is 0.878 bits per heavy atom. The zero-order chi connectivity index (χ0) is 35.5. The predicted molar refractivity (Wildman–Crippen MR) is 196 cm³/mol. The van der Waals surface area contributed by atoms with Crippen LogP contribution in [0.2, 0.25) is 0 Å². The fourth-order valence-electron chi connectivity index (χ4n) is 6.29. The van der Waals surface area contributed by atoms with Gasteiger partial charge in [-0.2, -0.15) is 0 Å². The van der Waals surface area contributed by atoms with E-state index < -0.39 is 17.7 Å². The van der Waals surface area contributed by atoms with Crippen molar-refractivity contribution in [2.75, 3.05) is 20.3 Å². The summed E-state index contributed by atoms with van der Waals surface area (Å²) in [4.78, 5) is 29.1. The molecular weight excluding hydrogens is 610 g/mol. The van der Waals surface area contributed by atoms with E-state index in [1.54, 1.807) is 12.2 Å². The number of ketones is 2. The first-order chi connectivity index (χ1) is 23.2. The maximum atomic E-state index is 13.5. The van der Waals surface area contributed by atoms with E-state index in [1.165, 1.54) is 0 Å². The van der Waals surface area contributed by atoms with Crippen LogP contribution in [0.15, 0.2) is 137 Å². The van der Waals surface area contributed by atoms with Crippen molar-refractivity contribution in [3.63, 3.8) is 0 Å². The molecule has 2 aliphatic heterocycles. The average Bonchev–Trinajstić information content (AvgIpc) is 3.26. The summed E-state index contributed by atoms with van der Waals surface area (Å²) in [5, 5.41) is 11.5. The number of benzene rings is 2. The molecule has 6 nitrogen and oxygen atoms in total. The third-order valence-corrected chi connectivity index (χ3v) is 9.00. The molecule has 49 heavy (non-hydrogen) atoms. The lowest BCUT2D eigenvalue weighted by atomic mass is 9.81. The number of hydrogen-bond acceptors (Lipinski definition) is 6. The highest BCUT2D eigenvalue weighted by molar-refractivity contribution is 6.53. The van der Waals surface area contributed by atoms with Crippen LogP contribution >= 0.6 is 0 Å². The normalized spacial score (nSPS) is 20.5. The van der Waals surface area contributed by atoms with Gasteiger partial charge in [-0.3, -0.25) is 9.59 Å². The minimum absolute atomic E-state index is 0.0126. The van der Waals surface area contributed by atoms with Crippen LogP contribution in [0.3, 0.4) is 0 Å². The first-order valence-corrected chi connectivity index (χ1v) is 17.1. The molecule has 1 N–H and O–H groups in total. The van der Waals surface area contributed by atoms with Crippen LogP contribution in [0.25, 0.3) is 5.76 Å². The van der Waals surface area contributed by atoms with Crippen molar-refractivity contribution in [3.8, 4) is 0 Å². The van der Waals surface area contributed by atoms with Gasteiger partial charge in [0, 0.05) is 41.4 Å². The fourth-order valence-corrected chi connectivity index (χ4v) is 6.29. The molecule has 2 aromatic rings. The number of carbonyl (C=O) groups is 2. The lowest BCUT2D eigenvalue weighted by Gasteiger charge is -2.42. The topological polar surface area (TPSA) is 76.1 Å². The van der Waals surface area contributed by atoms with Crippen LogP contribution in [0.4, 0.5) is 0 Å². The molecule has 0 bridgehead atoms. The molecule has 6 heteroatoms. The molecule has 0 saturated carbocycles. The number of hydrogen-bond donors (Lipinski definition) is 1. The standard InChI is InChI=1S/C43H49NO5/c1-28(2)19-20-48-27-43(6,7)38-26-30(25-37(44(38)8)42(3,4)5)22-34-39(45)33(40(46)41(34)47)21-29-23-35(31-15-11-9-12-16-31)49-36(24-29)32-17-13-10-14-18-32/h9-18,21-26,28,35,45H,19-20,27H2,1-8H3/b30-22+,33-21+. The second kappa shape index (κ2) is 14.4. The van der Waals surface area contributed by atoms with Gasteiger partial charge in [-0.25, -0.2) is 0 Å². The molecule has 0 radical (unpaired) electrons. The number of aliphatic hydroxyl groups is 1. The summed E-state index contributed by atoms with van der Waals surface area (Å²) in [6.07, 6.45) is 11.6. The van der Waals surface area contributed by atoms with Crippen LogP contribution < -0.4 is 0 Å². The lowest BCUT2D eigenvalue weighted by molar-refractivity contribution is -0.131. The molecule has 0 aromatic heterocycles. The zero-order valence-electron chi connectivity index (χ0n) is 30.0. The SMILES string of the molecule is CC(C)CCOCC(C)(C)C1=C/C(=C/C2=C(O)C(=C\C3=CC(c4ccccc4)OC(c4ccccc4)=C3)/C(=O)C2=O)C=C(C(C)(C)C)N1C. The molecule has 0 fully saturated rings. The summed E-state index contributed by atoms with van der Waals surface area (Å²) < 4.78 is 12.5. The second-order valence-electron chi connectivity index (χ2n) is 15.1. The van der Waals surface area contributed by atoms with Gasteiger partial charge in [0.2, 0.25) is 11.6 Å². The van der Waals surface area contributed by atoms with Crippen molar-refractivity contribution in [1.82, 2.24) is 4.90 Å². The fraction of sp³-hybridized carbons (Fsp3) is 0.349. The summed E-state index contributed by atoms with van der Waals surface area (Å²) in [6, 6.07) is 19.5. The molecule has 1 unspecified atom stereocenters. The molecule has 1 atom stereocenters. The lowest BCUT2D eigenvalue weighted by Crippen LogP contribution is -2.37. The highest BCUT2D eigenvalue weighted by Gasteiger charge is 2.38. The summed E-state index contributed by atoms with van der Waals surface area (Å²) in [7, 11) is 2.05. The van der Waals surface area contributed by atoms with Gasteiger partial charge in [-0.1, -0.05) is 109 Å². The first kappa shape index (κ1) is 35.6. The van der Waals surface area contributed by atoms with Crippen LogP contribution in [0.5, 0.6) is 0 Å². The van der Waals surface area contributed by atoms with E-state index in [1.807, 2.05) is 85.0 Å². The first-order valence-electron chi connectivity index (χ1n) is 17.1. The third kappa shape index (κ3) is 8.14. The van der Waals surface area contributed by atoms with Gasteiger partial charge < -0.3 is 19.5 Å². The van der Waals surface area contributed by atoms with E-state index in [0.717, 1.165) is 34.5 Å². The van der Waals surface area contributed by atoms with Crippen LogP contribution in [-0.4, -0.2) is 41.8 Å². The summed E-state index contributed by atoms with van der Waals surface area (Å²) >= 11 is 0. The van der Waals surface area contributed by atoms with Gasteiger partial charge in [-0.15, -0.1) is 0 Å².